The summed E-state index contributed by atoms with van der Waals surface area (Å²) in [4.78, 5) is 13.6. The van der Waals surface area contributed by atoms with Gasteiger partial charge < -0.3 is 10.0 Å². The van der Waals surface area contributed by atoms with E-state index in [2.05, 4.69) is 76.0 Å². The Labute approximate surface area is 180 Å². The molecule has 2 aromatic rings. The quantitative estimate of drug-likeness (QED) is 0.617. The summed E-state index contributed by atoms with van der Waals surface area (Å²) >= 11 is 2.40. The lowest BCUT2D eigenvalue weighted by atomic mass is 9.93. The van der Waals surface area contributed by atoms with Gasteiger partial charge in [-0.2, -0.15) is 0 Å². The first kappa shape index (κ1) is 19.6. The van der Waals surface area contributed by atoms with Crippen LogP contribution in [0.2, 0.25) is 0 Å². The van der Waals surface area contributed by atoms with Gasteiger partial charge in [0.1, 0.15) is 0 Å². The van der Waals surface area contributed by atoms with Crippen LogP contribution in [-0.4, -0.2) is 35.6 Å². The van der Waals surface area contributed by atoms with Crippen LogP contribution in [0, 0.1) is 9.49 Å². The molecule has 0 bridgehead atoms. The number of nitrogens with zero attached hydrogens (tertiary/aromatic N) is 1. The number of carboxylic acid groups (broad SMARTS) is 1. The van der Waals surface area contributed by atoms with Gasteiger partial charge in [0.15, 0.2) is 0 Å². The van der Waals surface area contributed by atoms with Crippen molar-refractivity contribution in [2.45, 2.75) is 32.1 Å². The molecule has 1 fully saturated rings. The van der Waals surface area contributed by atoms with E-state index in [1.807, 2.05) is 0 Å². The number of carbonyl (C=O) groups is 1. The first-order valence-electron chi connectivity index (χ1n) is 10.1. The normalized spacial score (nSPS) is 21.0. The smallest absolute Gasteiger partial charge is 0.307 e. The van der Waals surface area contributed by atoms with E-state index in [0.717, 1.165) is 45.2 Å². The second-order valence-electron chi connectivity index (χ2n) is 7.84. The van der Waals surface area contributed by atoms with Crippen molar-refractivity contribution in [2.75, 3.05) is 19.6 Å². The molecule has 0 aromatic heterocycles. The number of fused-ring (bicyclic) bond motifs is 2. The Morgan fingerprint density at radius 2 is 1.93 bits per heavy atom. The third-order valence-electron chi connectivity index (χ3n) is 5.98. The van der Waals surface area contributed by atoms with Crippen LogP contribution >= 0.6 is 22.6 Å². The topological polar surface area (TPSA) is 40.5 Å². The van der Waals surface area contributed by atoms with Crippen LogP contribution in [0.15, 0.2) is 48.5 Å². The van der Waals surface area contributed by atoms with Crippen molar-refractivity contribution < 1.29 is 9.90 Å². The summed E-state index contributed by atoms with van der Waals surface area (Å²) in [5.41, 5.74) is 6.89. The largest absolute Gasteiger partial charge is 0.481 e. The lowest BCUT2D eigenvalue weighted by Gasteiger charge is -2.30. The van der Waals surface area contributed by atoms with E-state index < -0.39 is 5.97 Å². The van der Waals surface area contributed by atoms with Crippen LogP contribution in [0.1, 0.15) is 41.5 Å². The molecule has 0 spiro atoms. The van der Waals surface area contributed by atoms with Crippen molar-refractivity contribution in [3.05, 3.63) is 74.4 Å². The second-order valence-corrected chi connectivity index (χ2v) is 9.09. The number of carboxylic acids is 1. The van der Waals surface area contributed by atoms with Gasteiger partial charge in [-0.1, -0.05) is 36.4 Å². The highest BCUT2D eigenvalue weighted by Gasteiger charge is 2.25. The number of piperidine rings is 1. The molecular weight excluding hydrogens is 461 g/mol. The zero-order valence-corrected chi connectivity index (χ0v) is 18.2. The van der Waals surface area contributed by atoms with Crippen molar-refractivity contribution in [1.82, 2.24) is 4.90 Å². The fourth-order valence-electron chi connectivity index (χ4n) is 4.52. The number of hydrogen-bond donors (Lipinski definition) is 1. The standard InChI is InChI=1S/C24H26INO2/c25-20-11-12-22-18(15-20)10-9-17-5-1-2-7-21(17)23(22)8-4-14-26-13-3-6-19(16-26)24(27)28/h1-2,5,7-8,11-12,15,19H,3-4,6,9-10,13-14,16H2,(H,27,28)/b23-8+/t19-/m1/s1. The van der Waals surface area contributed by atoms with Gasteiger partial charge in [-0.05, 0) is 101 Å². The third-order valence-corrected chi connectivity index (χ3v) is 6.65. The third kappa shape index (κ3) is 4.33. The molecular formula is C24H26INO2. The minimum absolute atomic E-state index is 0.206. The maximum Gasteiger partial charge on any atom is 0.307 e. The Hall–Kier alpha value is -1.66. The molecule has 0 radical (unpaired) electrons. The van der Waals surface area contributed by atoms with Crippen molar-refractivity contribution in [1.29, 1.82) is 0 Å². The summed E-state index contributed by atoms with van der Waals surface area (Å²) in [6.07, 6.45) is 7.27. The number of aliphatic carboxylic acids is 1. The van der Waals surface area contributed by atoms with Gasteiger partial charge in [0.2, 0.25) is 0 Å². The zero-order chi connectivity index (χ0) is 19.5. The fourth-order valence-corrected chi connectivity index (χ4v) is 5.07. The fraction of sp³-hybridized carbons (Fsp3) is 0.375. The van der Waals surface area contributed by atoms with Crippen LogP contribution in [-0.2, 0) is 17.6 Å². The van der Waals surface area contributed by atoms with Gasteiger partial charge in [-0.25, -0.2) is 0 Å². The Balaban J connectivity index is 1.58. The summed E-state index contributed by atoms with van der Waals surface area (Å²) in [7, 11) is 0. The van der Waals surface area contributed by atoms with Crippen LogP contribution < -0.4 is 0 Å². The molecule has 1 heterocycles. The Morgan fingerprint density at radius 3 is 2.79 bits per heavy atom. The maximum absolute atomic E-state index is 11.3. The summed E-state index contributed by atoms with van der Waals surface area (Å²) in [5.74, 6) is -0.855. The monoisotopic (exact) mass is 487 g/mol. The van der Waals surface area contributed by atoms with Crippen molar-refractivity contribution in [3.8, 4) is 0 Å². The van der Waals surface area contributed by atoms with Gasteiger partial charge in [0, 0.05) is 16.7 Å². The van der Waals surface area contributed by atoms with E-state index in [4.69, 9.17) is 0 Å². The molecule has 1 aliphatic carbocycles. The second kappa shape index (κ2) is 8.78. The van der Waals surface area contributed by atoms with Gasteiger partial charge in [0.05, 0.1) is 5.92 Å². The van der Waals surface area contributed by atoms with E-state index in [0.29, 0.717) is 6.54 Å². The highest BCUT2D eigenvalue weighted by atomic mass is 127. The zero-order valence-electron chi connectivity index (χ0n) is 16.0. The average Bonchev–Trinajstić information content (AvgIpc) is 2.85. The molecule has 1 aliphatic heterocycles. The van der Waals surface area contributed by atoms with Crippen molar-refractivity contribution in [2.24, 2.45) is 5.92 Å². The van der Waals surface area contributed by atoms with Crippen LogP contribution in [0.5, 0.6) is 0 Å². The summed E-state index contributed by atoms with van der Waals surface area (Å²) in [6.45, 7) is 2.62. The number of benzene rings is 2. The SMILES string of the molecule is O=C(O)[C@@H]1CCCN(CC/C=C2\c3ccccc3CCc3cc(I)ccc32)C1. The van der Waals surface area contributed by atoms with Gasteiger partial charge in [-0.3, -0.25) is 4.79 Å². The molecule has 0 saturated carbocycles. The lowest BCUT2D eigenvalue weighted by molar-refractivity contribution is -0.143. The summed E-state index contributed by atoms with van der Waals surface area (Å²) in [6, 6.07) is 15.5. The van der Waals surface area contributed by atoms with Crippen molar-refractivity contribution in [3.63, 3.8) is 0 Å². The Bertz CT molecular complexity index is 905. The van der Waals surface area contributed by atoms with E-state index in [-0.39, 0.29) is 5.92 Å². The molecule has 1 saturated heterocycles. The minimum atomic E-state index is -0.649. The van der Waals surface area contributed by atoms with Gasteiger partial charge >= 0.3 is 5.97 Å². The van der Waals surface area contributed by atoms with E-state index >= 15 is 0 Å². The Kier molecular flexibility index (Phi) is 6.16. The number of hydrogen-bond acceptors (Lipinski definition) is 2. The summed E-state index contributed by atoms with van der Waals surface area (Å²) in [5, 5.41) is 9.32. The predicted molar refractivity (Wildman–Crippen MR) is 122 cm³/mol. The molecule has 3 nitrogen and oxygen atoms in total. The molecule has 2 aliphatic rings. The average molecular weight is 487 g/mol. The van der Waals surface area contributed by atoms with E-state index in [1.54, 1.807) is 0 Å². The number of likely N-dealkylation sites (tertiary alicyclic amines) is 1. The van der Waals surface area contributed by atoms with E-state index in [9.17, 15) is 9.90 Å². The first-order chi connectivity index (χ1) is 13.6. The van der Waals surface area contributed by atoms with Crippen LogP contribution in [0.25, 0.3) is 5.57 Å². The van der Waals surface area contributed by atoms with Crippen LogP contribution in [0.4, 0.5) is 0 Å². The molecule has 4 heteroatoms. The molecule has 146 valence electrons. The number of aryl methyl sites for hydroxylation is 2. The predicted octanol–water partition coefficient (Wildman–Crippen LogP) is 5.01. The molecule has 4 rings (SSSR count). The molecule has 0 amide bonds. The highest BCUT2D eigenvalue weighted by molar-refractivity contribution is 14.1. The van der Waals surface area contributed by atoms with Gasteiger partial charge in [-0.15, -0.1) is 0 Å². The maximum atomic E-state index is 11.3. The molecule has 1 atom stereocenters. The number of halogens is 1. The van der Waals surface area contributed by atoms with Crippen molar-refractivity contribution >= 4 is 34.1 Å². The molecule has 28 heavy (non-hydrogen) atoms. The molecule has 1 N–H and O–H groups in total. The van der Waals surface area contributed by atoms with Gasteiger partial charge in [0.25, 0.3) is 0 Å². The first-order valence-corrected chi connectivity index (χ1v) is 11.2. The minimum Gasteiger partial charge on any atom is -0.481 e. The number of rotatable bonds is 4. The molecule has 2 aromatic carbocycles. The van der Waals surface area contributed by atoms with Crippen LogP contribution in [0.3, 0.4) is 0 Å². The Morgan fingerprint density at radius 1 is 1.14 bits per heavy atom. The molecule has 0 unspecified atom stereocenters. The van der Waals surface area contributed by atoms with E-state index in [1.165, 1.54) is 31.4 Å². The lowest BCUT2D eigenvalue weighted by Crippen LogP contribution is -2.39. The summed E-state index contributed by atoms with van der Waals surface area (Å²) < 4.78 is 1.29. The highest BCUT2D eigenvalue weighted by Crippen LogP contribution is 2.34.